The van der Waals surface area contributed by atoms with Crippen LogP contribution in [0.25, 0.3) is 0 Å². The van der Waals surface area contributed by atoms with E-state index in [1.165, 1.54) is 52.0 Å². The minimum atomic E-state index is 0.437. The molecule has 2 atom stereocenters. The van der Waals surface area contributed by atoms with Gasteiger partial charge in [-0.05, 0) is 51.9 Å². The van der Waals surface area contributed by atoms with Crippen LogP contribution in [0.2, 0.25) is 0 Å². The van der Waals surface area contributed by atoms with Gasteiger partial charge in [0.25, 0.3) is 0 Å². The number of nitrogens with zero attached hydrogens (tertiary/aromatic N) is 2. The largest absolute Gasteiger partial charge is 0.327 e. The minimum Gasteiger partial charge on any atom is -0.327 e. The van der Waals surface area contributed by atoms with Crippen molar-refractivity contribution in [3.8, 4) is 0 Å². The third-order valence-electron chi connectivity index (χ3n) is 3.69. The molecule has 0 aromatic rings. The standard InChI is InChI=1S/C11H23N3/c1-13-7-4-11(12)10(8-13)9-14-5-2-3-6-14/h10-11H,2-9,12H2,1H3. The lowest BCUT2D eigenvalue weighted by atomic mass is 9.93. The number of hydrogen-bond acceptors (Lipinski definition) is 3. The molecule has 82 valence electrons. The third kappa shape index (κ3) is 2.47. The molecule has 0 radical (unpaired) electrons. The quantitative estimate of drug-likeness (QED) is 0.694. The van der Waals surface area contributed by atoms with Crippen molar-refractivity contribution in [1.29, 1.82) is 0 Å². The fourth-order valence-electron chi connectivity index (χ4n) is 2.72. The first-order valence-corrected chi connectivity index (χ1v) is 5.92. The van der Waals surface area contributed by atoms with E-state index in [-0.39, 0.29) is 0 Å². The maximum atomic E-state index is 6.17. The molecule has 0 aliphatic carbocycles. The lowest BCUT2D eigenvalue weighted by Crippen LogP contribution is -2.49. The van der Waals surface area contributed by atoms with Crippen molar-refractivity contribution in [3.05, 3.63) is 0 Å². The molecule has 0 amide bonds. The van der Waals surface area contributed by atoms with Gasteiger partial charge in [0.2, 0.25) is 0 Å². The molecule has 3 nitrogen and oxygen atoms in total. The predicted molar refractivity (Wildman–Crippen MR) is 59.3 cm³/mol. The van der Waals surface area contributed by atoms with Crippen molar-refractivity contribution in [2.75, 3.05) is 39.8 Å². The maximum Gasteiger partial charge on any atom is 0.0104 e. The van der Waals surface area contributed by atoms with Crippen LogP contribution in [-0.2, 0) is 0 Å². The topological polar surface area (TPSA) is 32.5 Å². The second-order valence-electron chi connectivity index (χ2n) is 4.98. The van der Waals surface area contributed by atoms with E-state index in [0.717, 1.165) is 0 Å². The van der Waals surface area contributed by atoms with E-state index in [9.17, 15) is 0 Å². The lowest BCUT2D eigenvalue weighted by Gasteiger charge is -2.36. The molecule has 0 bridgehead atoms. The van der Waals surface area contributed by atoms with Gasteiger partial charge in [-0.1, -0.05) is 0 Å². The van der Waals surface area contributed by atoms with Crippen molar-refractivity contribution < 1.29 is 0 Å². The van der Waals surface area contributed by atoms with Crippen LogP contribution in [0.5, 0.6) is 0 Å². The fourth-order valence-corrected chi connectivity index (χ4v) is 2.72. The Morgan fingerprint density at radius 2 is 1.93 bits per heavy atom. The second-order valence-corrected chi connectivity index (χ2v) is 4.98. The molecule has 0 spiro atoms. The van der Waals surface area contributed by atoms with Gasteiger partial charge in [0.15, 0.2) is 0 Å². The molecule has 2 N–H and O–H groups in total. The molecule has 2 saturated heterocycles. The molecule has 3 heteroatoms. The molecule has 0 saturated carbocycles. The summed E-state index contributed by atoms with van der Waals surface area (Å²) >= 11 is 0. The smallest absolute Gasteiger partial charge is 0.0104 e. The van der Waals surface area contributed by atoms with Gasteiger partial charge >= 0.3 is 0 Å². The van der Waals surface area contributed by atoms with Crippen LogP contribution in [0.15, 0.2) is 0 Å². The Hall–Kier alpha value is -0.120. The molecule has 2 unspecified atom stereocenters. The van der Waals surface area contributed by atoms with Crippen LogP contribution in [0.4, 0.5) is 0 Å². The van der Waals surface area contributed by atoms with E-state index < -0.39 is 0 Å². The highest BCUT2D eigenvalue weighted by Gasteiger charge is 2.27. The lowest BCUT2D eigenvalue weighted by molar-refractivity contribution is 0.146. The van der Waals surface area contributed by atoms with Crippen LogP contribution >= 0.6 is 0 Å². The van der Waals surface area contributed by atoms with Gasteiger partial charge < -0.3 is 15.5 Å². The summed E-state index contributed by atoms with van der Waals surface area (Å²) in [7, 11) is 2.21. The second kappa shape index (κ2) is 4.60. The van der Waals surface area contributed by atoms with Gasteiger partial charge in [-0.25, -0.2) is 0 Å². The molecule has 2 rings (SSSR count). The number of likely N-dealkylation sites (tertiary alicyclic amines) is 2. The number of hydrogen-bond donors (Lipinski definition) is 1. The molecule has 14 heavy (non-hydrogen) atoms. The maximum absolute atomic E-state index is 6.17. The fraction of sp³-hybridized carbons (Fsp3) is 1.00. The van der Waals surface area contributed by atoms with E-state index in [1.54, 1.807) is 0 Å². The van der Waals surface area contributed by atoms with E-state index in [0.29, 0.717) is 12.0 Å². The van der Waals surface area contributed by atoms with Crippen LogP contribution in [-0.4, -0.2) is 55.6 Å². The van der Waals surface area contributed by atoms with Crippen LogP contribution in [0.1, 0.15) is 19.3 Å². The number of nitrogens with two attached hydrogens (primary N) is 1. The predicted octanol–water partition coefficient (Wildman–Crippen LogP) is 0.361. The van der Waals surface area contributed by atoms with Crippen LogP contribution < -0.4 is 5.73 Å². The summed E-state index contributed by atoms with van der Waals surface area (Å²) < 4.78 is 0. The van der Waals surface area contributed by atoms with E-state index in [2.05, 4.69) is 16.8 Å². The van der Waals surface area contributed by atoms with Crippen molar-refractivity contribution in [2.24, 2.45) is 11.7 Å². The Kier molecular flexibility index (Phi) is 3.42. The first-order chi connectivity index (χ1) is 6.75. The monoisotopic (exact) mass is 197 g/mol. The summed E-state index contributed by atoms with van der Waals surface area (Å²) in [5, 5.41) is 0. The van der Waals surface area contributed by atoms with Crippen LogP contribution in [0, 0.1) is 5.92 Å². The third-order valence-corrected chi connectivity index (χ3v) is 3.69. The molecule has 0 aromatic heterocycles. The highest BCUT2D eigenvalue weighted by atomic mass is 15.2. The van der Waals surface area contributed by atoms with Gasteiger partial charge in [-0.2, -0.15) is 0 Å². The summed E-state index contributed by atoms with van der Waals surface area (Å²) in [6.07, 6.45) is 3.95. The summed E-state index contributed by atoms with van der Waals surface area (Å²) in [5.41, 5.74) is 6.17. The average molecular weight is 197 g/mol. The van der Waals surface area contributed by atoms with Crippen molar-refractivity contribution in [3.63, 3.8) is 0 Å². The van der Waals surface area contributed by atoms with E-state index in [4.69, 9.17) is 5.73 Å². The normalized spacial score (nSPS) is 36.4. The average Bonchev–Trinajstić information content (AvgIpc) is 2.64. The van der Waals surface area contributed by atoms with Gasteiger partial charge in [0.1, 0.15) is 0 Å². The highest BCUT2D eigenvalue weighted by molar-refractivity contribution is 4.84. The minimum absolute atomic E-state index is 0.437. The Morgan fingerprint density at radius 1 is 1.21 bits per heavy atom. The summed E-state index contributed by atoms with van der Waals surface area (Å²) in [6, 6.07) is 0.437. The summed E-state index contributed by atoms with van der Waals surface area (Å²) in [4.78, 5) is 5.01. The van der Waals surface area contributed by atoms with Crippen LogP contribution in [0.3, 0.4) is 0 Å². The summed E-state index contributed by atoms with van der Waals surface area (Å²) in [6.45, 7) is 6.20. The van der Waals surface area contributed by atoms with E-state index in [1.807, 2.05) is 0 Å². The van der Waals surface area contributed by atoms with Gasteiger partial charge in [0.05, 0.1) is 0 Å². The zero-order valence-electron chi connectivity index (χ0n) is 9.28. The molecule has 0 aromatic carbocycles. The van der Waals surface area contributed by atoms with Crippen molar-refractivity contribution in [2.45, 2.75) is 25.3 Å². The van der Waals surface area contributed by atoms with Gasteiger partial charge in [0, 0.05) is 19.1 Å². The number of rotatable bonds is 2. The van der Waals surface area contributed by atoms with Gasteiger partial charge in [-0.3, -0.25) is 0 Å². The SMILES string of the molecule is CN1CCC(N)C(CN2CCCC2)C1. The highest BCUT2D eigenvalue weighted by Crippen LogP contribution is 2.18. The molecule has 2 aliphatic heterocycles. The summed E-state index contributed by atoms with van der Waals surface area (Å²) in [5.74, 6) is 0.701. The molecule has 2 heterocycles. The van der Waals surface area contributed by atoms with E-state index >= 15 is 0 Å². The van der Waals surface area contributed by atoms with Crippen molar-refractivity contribution in [1.82, 2.24) is 9.80 Å². The molecular weight excluding hydrogens is 174 g/mol. The first-order valence-electron chi connectivity index (χ1n) is 5.92. The zero-order valence-corrected chi connectivity index (χ0v) is 9.28. The Balaban J connectivity index is 1.82. The Bertz CT molecular complexity index is 177. The molecular formula is C11H23N3. The molecule has 2 aliphatic rings. The van der Waals surface area contributed by atoms with Gasteiger partial charge in [-0.15, -0.1) is 0 Å². The Morgan fingerprint density at radius 3 is 2.64 bits per heavy atom. The van der Waals surface area contributed by atoms with Crippen molar-refractivity contribution >= 4 is 0 Å². The first kappa shape index (κ1) is 10.4. The zero-order chi connectivity index (χ0) is 9.97. The Labute approximate surface area is 87.2 Å². The number of piperidine rings is 1. The molecule has 2 fully saturated rings.